The van der Waals surface area contributed by atoms with Gasteiger partial charge in [0.15, 0.2) is 0 Å². The summed E-state index contributed by atoms with van der Waals surface area (Å²) in [5, 5.41) is 9.39. The SMILES string of the molecule is COc1ccc(C(C#N)N2CCN(C)CC2)cc1. The summed E-state index contributed by atoms with van der Waals surface area (Å²) < 4.78 is 5.14. The van der Waals surface area contributed by atoms with Gasteiger partial charge in [0.1, 0.15) is 11.8 Å². The quantitative estimate of drug-likeness (QED) is 0.809. The molecule has 0 N–H and O–H groups in total. The lowest BCUT2D eigenvalue weighted by molar-refractivity contribution is 0.133. The van der Waals surface area contributed by atoms with E-state index in [4.69, 9.17) is 4.74 Å². The van der Waals surface area contributed by atoms with Crippen molar-refractivity contribution in [2.45, 2.75) is 6.04 Å². The highest BCUT2D eigenvalue weighted by Gasteiger charge is 2.23. The van der Waals surface area contributed by atoms with Gasteiger partial charge in [-0.05, 0) is 24.7 Å². The Morgan fingerprint density at radius 3 is 2.28 bits per heavy atom. The van der Waals surface area contributed by atoms with Gasteiger partial charge in [0, 0.05) is 26.2 Å². The molecule has 0 saturated carbocycles. The van der Waals surface area contributed by atoms with E-state index in [0.29, 0.717) is 0 Å². The highest BCUT2D eigenvalue weighted by Crippen LogP contribution is 2.23. The minimum atomic E-state index is -0.149. The number of benzene rings is 1. The molecule has 4 nitrogen and oxygen atoms in total. The van der Waals surface area contributed by atoms with Crippen LogP contribution >= 0.6 is 0 Å². The number of rotatable bonds is 3. The van der Waals surface area contributed by atoms with Gasteiger partial charge in [-0.2, -0.15) is 5.26 Å². The molecule has 1 aliphatic heterocycles. The molecule has 1 aliphatic rings. The smallest absolute Gasteiger partial charge is 0.123 e. The Labute approximate surface area is 108 Å². The van der Waals surface area contributed by atoms with Crippen LogP contribution in [0.1, 0.15) is 11.6 Å². The highest BCUT2D eigenvalue weighted by atomic mass is 16.5. The number of hydrogen-bond acceptors (Lipinski definition) is 4. The minimum Gasteiger partial charge on any atom is -0.497 e. The molecule has 0 spiro atoms. The highest BCUT2D eigenvalue weighted by molar-refractivity contribution is 5.31. The Bertz CT molecular complexity index is 416. The van der Waals surface area contributed by atoms with Crippen molar-refractivity contribution >= 4 is 0 Å². The van der Waals surface area contributed by atoms with Crippen LogP contribution in [-0.2, 0) is 0 Å². The van der Waals surface area contributed by atoms with Gasteiger partial charge in [0.2, 0.25) is 0 Å². The number of ether oxygens (including phenoxy) is 1. The third-order valence-corrected chi connectivity index (χ3v) is 3.46. The van der Waals surface area contributed by atoms with Crippen molar-refractivity contribution in [2.75, 3.05) is 40.3 Å². The zero-order chi connectivity index (χ0) is 13.0. The van der Waals surface area contributed by atoms with Crippen LogP contribution in [0.2, 0.25) is 0 Å². The molecule has 1 heterocycles. The number of nitrogens with zero attached hydrogens (tertiary/aromatic N) is 3. The second kappa shape index (κ2) is 5.85. The van der Waals surface area contributed by atoms with Crippen molar-refractivity contribution in [3.8, 4) is 11.8 Å². The standard InChI is InChI=1S/C14H19N3O/c1-16-7-9-17(10-8-16)14(11-15)12-3-5-13(18-2)6-4-12/h3-6,14H,7-10H2,1-2H3. The van der Waals surface area contributed by atoms with Crippen LogP contribution < -0.4 is 4.74 Å². The van der Waals surface area contributed by atoms with Gasteiger partial charge in [0.25, 0.3) is 0 Å². The Hall–Kier alpha value is -1.57. The monoisotopic (exact) mass is 245 g/mol. The van der Waals surface area contributed by atoms with E-state index in [1.54, 1.807) is 7.11 Å². The molecule has 18 heavy (non-hydrogen) atoms. The minimum absolute atomic E-state index is 0.149. The lowest BCUT2D eigenvalue weighted by Crippen LogP contribution is -2.45. The van der Waals surface area contributed by atoms with Gasteiger partial charge in [-0.3, -0.25) is 4.90 Å². The van der Waals surface area contributed by atoms with Crippen molar-refractivity contribution in [3.05, 3.63) is 29.8 Å². The van der Waals surface area contributed by atoms with Crippen LogP contribution in [0.25, 0.3) is 0 Å². The van der Waals surface area contributed by atoms with Crippen molar-refractivity contribution in [2.24, 2.45) is 0 Å². The Balaban J connectivity index is 2.10. The molecule has 96 valence electrons. The Morgan fingerprint density at radius 1 is 1.17 bits per heavy atom. The second-order valence-electron chi connectivity index (χ2n) is 4.64. The average molecular weight is 245 g/mol. The van der Waals surface area contributed by atoms with Crippen LogP contribution in [0.3, 0.4) is 0 Å². The molecule has 2 rings (SSSR count). The molecule has 1 atom stereocenters. The first kappa shape index (κ1) is 12.9. The van der Waals surface area contributed by atoms with Gasteiger partial charge in [-0.15, -0.1) is 0 Å². The molecule has 0 radical (unpaired) electrons. The summed E-state index contributed by atoms with van der Waals surface area (Å²) in [6, 6.07) is 10.0. The van der Waals surface area contributed by atoms with Gasteiger partial charge >= 0.3 is 0 Å². The van der Waals surface area contributed by atoms with Gasteiger partial charge in [-0.1, -0.05) is 12.1 Å². The molecule has 4 heteroatoms. The van der Waals surface area contributed by atoms with Crippen LogP contribution in [0.15, 0.2) is 24.3 Å². The molecule has 0 aliphatic carbocycles. The first-order chi connectivity index (χ1) is 8.74. The van der Waals surface area contributed by atoms with Crippen molar-refractivity contribution in [3.63, 3.8) is 0 Å². The number of piperazine rings is 1. The normalized spacial score (nSPS) is 19.2. The fraction of sp³-hybridized carbons (Fsp3) is 0.500. The average Bonchev–Trinajstić information content (AvgIpc) is 2.42. The van der Waals surface area contributed by atoms with Crippen molar-refractivity contribution < 1.29 is 4.74 Å². The number of likely N-dealkylation sites (N-methyl/N-ethyl adjacent to an activating group) is 1. The summed E-state index contributed by atoms with van der Waals surface area (Å²) in [5.74, 6) is 0.828. The Kier molecular flexibility index (Phi) is 4.19. The molecule has 0 amide bonds. The van der Waals surface area contributed by atoms with E-state index in [2.05, 4.69) is 22.9 Å². The molecule has 0 bridgehead atoms. The summed E-state index contributed by atoms with van der Waals surface area (Å²) in [7, 11) is 3.77. The predicted molar refractivity (Wildman–Crippen MR) is 70.4 cm³/mol. The third-order valence-electron chi connectivity index (χ3n) is 3.46. The van der Waals surface area contributed by atoms with Crippen LogP contribution in [-0.4, -0.2) is 50.1 Å². The van der Waals surface area contributed by atoms with Crippen molar-refractivity contribution in [1.29, 1.82) is 5.26 Å². The zero-order valence-electron chi connectivity index (χ0n) is 11.0. The molecule has 0 aromatic heterocycles. The van der Waals surface area contributed by atoms with E-state index < -0.39 is 0 Å². The van der Waals surface area contributed by atoms with E-state index in [1.807, 2.05) is 24.3 Å². The number of nitriles is 1. The maximum Gasteiger partial charge on any atom is 0.123 e. The summed E-state index contributed by atoms with van der Waals surface area (Å²) in [6.07, 6.45) is 0. The van der Waals surface area contributed by atoms with E-state index >= 15 is 0 Å². The summed E-state index contributed by atoms with van der Waals surface area (Å²) in [4.78, 5) is 4.53. The van der Waals surface area contributed by atoms with Gasteiger partial charge in [-0.25, -0.2) is 0 Å². The van der Waals surface area contributed by atoms with Crippen LogP contribution in [0.5, 0.6) is 5.75 Å². The topological polar surface area (TPSA) is 39.5 Å². The molecule has 1 aromatic carbocycles. The molecule has 1 aromatic rings. The van der Waals surface area contributed by atoms with Gasteiger partial charge in [0.05, 0.1) is 13.2 Å². The fourth-order valence-corrected chi connectivity index (χ4v) is 2.23. The van der Waals surface area contributed by atoms with E-state index in [1.165, 1.54) is 0 Å². The van der Waals surface area contributed by atoms with Crippen molar-refractivity contribution in [1.82, 2.24) is 9.80 Å². The molecule has 1 fully saturated rings. The van der Waals surface area contributed by atoms with E-state index in [9.17, 15) is 5.26 Å². The second-order valence-corrected chi connectivity index (χ2v) is 4.64. The Morgan fingerprint density at radius 2 is 1.78 bits per heavy atom. The van der Waals surface area contributed by atoms with Crippen LogP contribution in [0.4, 0.5) is 0 Å². The number of methoxy groups -OCH3 is 1. The lowest BCUT2D eigenvalue weighted by Gasteiger charge is -2.35. The van der Waals surface area contributed by atoms with E-state index in [-0.39, 0.29) is 6.04 Å². The molecule has 1 saturated heterocycles. The summed E-state index contributed by atoms with van der Waals surface area (Å²) in [5.41, 5.74) is 1.04. The first-order valence-electron chi connectivity index (χ1n) is 6.21. The summed E-state index contributed by atoms with van der Waals surface area (Å²) in [6.45, 7) is 3.93. The molecular weight excluding hydrogens is 226 g/mol. The lowest BCUT2D eigenvalue weighted by atomic mass is 10.1. The maximum absolute atomic E-state index is 9.39. The zero-order valence-corrected chi connectivity index (χ0v) is 11.0. The fourth-order valence-electron chi connectivity index (χ4n) is 2.23. The third kappa shape index (κ3) is 2.81. The predicted octanol–water partition coefficient (Wildman–Crippen LogP) is 1.51. The molecular formula is C14H19N3O. The molecule has 1 unspecified atom stereocenters. The first-order valence-corrected chi connectivity index (χ1v) is 6.21. The number of hydrogen-bond donors (Lipinski definition) is 0. The van der Waals surface area contributed by atoms with Crippen LogP contribution in [0, 0.1) is 11.3 Å². The maximum atomic E-state index is 9.39. The van der Waals surface area contributed by atoms with E-state index in [0.717, 1.165) is 37.5 Å². The summed E-state index contributed by atoms with van der Waals surface area (Å²) >= 11 is 0. The van der Waals surface area contributed by atoms with Gasteiger partial charge < -0.3 is 9.64 Å². The largest absolute Gasteiger partial charge is 0.497 e.